The number of alkyl halides is 6. The van der Waals surface area contributed by atoms with Gasteiger partial charge in [0.1, 0.15) is 0 Å². The summed E-state index contributed by atoms with van der Waals surface area (Å²) in [5.74, 6) is -4.20. The quantitative estimate of drug-likeness (QED) is 0.482. The molecule has 6 heteroatoms. The standard InChI is InChI=1S/C4H2F6/c5-2(4(8,9)10)1-3(2,6)7/h1H2. The predicted octanol–water partition coefficient (Wildman–Crippen LogP) is 2.30. The van der Waals surface area contributed by atoms with Gasteiger partial charge in [0.15, 0.2) is 0 Å². The molecular weight excluding hydrogens is 162 g/mol. The summed E-state index contributed by atoms with van der Waals surface area (Å²) >= 11 is 0. The van der Waals surface area contributed by atoms with Gasteiger partial charge in [-0.15, -0.1) is 0 Å². The van der Waals surface area contributed by atoms with Crippen molar-refractivity contribution in [2.24, 2.45) is 0 Å². The minimum Gasteiger partial charge on any atom is -0.227 e. The Balaban J connectivity index is 2.78. The summed E-state index contributed by atoms with van der Waals surface area (Å²) in [5, 5.41) is 0. The maximum atomic E-state index is 11.9. The van der Waals surface area contributed by atoms with Crippen molar-refractivity contribution in [3.05, 3.63) is 0 Å². The first-order chi connectivity index (χ1) is 4.21. The van der Waals surface area contributed by atoms with Crippen molar-refractivity contribution in [3.63, 3.8) is 0 Å². The zero-order chi connectivity index (χ0) is 8.21. The number of halogens is 6. The van der Waals surface area contributed by atoms with Gasteiger partial charge in [0.2, 0.25) is 0 Å². The van der Waals surface area contributed by atoms with Crippen LogP contribution in [0.5, 0.6) is 0 Å². The van der Waals surface area contributed by atoms with E-state index in [-0.39, 0.29) is 0 Å². The summed E-state index contributed by atoms with van der Waals surface area (Å²) in [6.45, 7) is 0. The Hall–Kier alpha value is -0.420. The first-order valence-corrected chi connectivity index (χ1v) is 2.34. The minimum absolute atomic E-state index is 1.73. The van der Waals surface area contributed by atoms with E-state index in [1.807, 2.05) is 0 Å². The SMILES string of the molecule is FC(F)(F)C1(F)CC1(F)F. The molecule has 0 amide bonds. The van der Waals surface area contributed by atoms with E-state index in [0.717, 1.165) is 0 Å². The van der Waals surface area contributed by atoms with E-state index in [2.05, 4.69) is 0 Å². The van der Waals surface area contributed by atoms with E-state index in [9.17, 15) is 26.3 Å². The zero-order valence-corrected chi connectivity index (χ0v) is 4.47. The van der Waals surface area contributed by atoms with Crippen molar-refractivity contribution in [1.82, 2.24) is 0 Å². The van der Waals surface area contributed by atoms with Gasteiger partial charge >= 0.3 is 6.18 Å². The van der Waals surface area contributed by atoms with Crippen LogP contribution >= 0.6 is 0 Å². The average molecular weight is 164 g/mol. The Bertz CT molecular complexity index is 158. The summed E-state index contributed by atoms with van der Waals surface area (Å²) in [6.07, 6.45) is -7.17. The van der Waals surface area contributed by atoms with Crippen LogP contribution < -0.4 is 0 Å². The van der Waals surface area contributed by atoms with E-state index in [0.29, 0.717) is 0 Å². The van der Waals surface area contributed by atoms with Gasteiger partial charge in [-0.2, -0.15) is 13.2 Å². The highest BCUT2D eigenvalue weighted by Gasteiger charge is 2.86. The molecule has 0 aromatic rings. The molecule has 1 aliphatic carbocycles. The van der Waals surface area contributed by atoms with E-state index in [1.54, 1.807) is 0 Å². The van der Waals surface area contributed by atoms with Gasteiger partial charge < -0.3 is 0 Å². The van der Waals surface area contributed by atoms with Crippen molar-refractivity contribution in [2.75, 3.05) is 0 Å². The Labute approximate surface area is 51.8 Å². The van der Waals surface area contributed by atoms with E-state index in [1.165, 1.54) is 0 Å². The molecule has 0 spiro atoms. The van der Waals surface area contributed by atoms with Crippen molar-refractivity contribution in [2.45, 2.75) is 24.2 Å². The molecule has 1 unspecified atom stereocenters. The second-order valence-corrected chi connectivity index (χ2v) is 2.18. The highest BCUT2D eigenvalue weighted by Crippen LogP contribution is 2.63. The van der Waals surface area contributed by atoms with E-state index < -0.39 is 24.2 Å². The fraction of sp³-hybridized carbons (Fsp3) is 1.00. The molecule has 0 radical (unpaired) electrons. The van der Waals surface area contributed by atoms with Gasteiger partial charge in [0.25, 0.3) is 11.6 Å². The molecule has 1 fully saturated rings. The maximum absolute atomic E-state index is 11.9. The molecule has 0 aromatic carbocycles. The zero-order valence-electron chi connectivity index (χ0n) is 4.47. The Morgan fingerprint density at radius 1 is 1.00 bits per heavy atom. The topological polar surface area (TPSA) is 0 Å². The third-order valence-corrected chi connectivity index (χ3v) is 1.37. The van der Waals surface area contributed by atoms with Crippen LogP contribution in [0, 0.1) is 0 Å². The summed E-state index contributed by atoms with van der Waals surface area (Å²) in [6, 6.07) is 0. The second kappa shape index (κ2) is 1.43. The monoisotopic (exact) mass is 164 g/mol. The molecular formula is C4H2F6. The normalized spacial score (nSPS) is 37.8. The lowest BCUT2D eigenvalue weighted by Crippen LogP contribution is -2.32. The minimum atomic E-state index is -5.43. The van der Waals surface area contributed by atoms with Gasteiger partial charge in [-0.1, -0.05) is 0 Å². The Kier molecular flexibility index (Phi) is 1.10. The molecule has 0 aliphatic heterocycles. The highest BCUT2D eigenvalue weighted by atomic mass is 19.4. The van der Waals surface area contributed by atoms with Crippen LogP contribution in [-0.2, 0) is 0 Å². The number of hydrogen-bond acceptors (Lipinski definition) is 0. The summed E-state index contributed by atoms with van der Waals surface area (Å²) in [7, 11) is 0. The molecule has 1 saturated carbocycles. The highest BCUT2D eigenvalue weighted by molar-refractivity contribution is 5.16. The van der Waals surface area contributed by atoms with E-state index >= 15 is 0 Å². The van der Waals surface area contributed by atoms with Crippen LogP contribution in [0.15, 0.2) is 0 Å². The fourth-order valence-corrected chi connectivity index (χ4v) is 0.569. The number of hydrogen-bond donors (Lipinski definition) is 0. The third kappa shape index (κ3) is 0.705. The van der Waals surface area contributed by atoms with Crippen LogP contribution in [0.1, 0.15) is 6.42 Å². The molecule has 1 rings (SSSR count). The fourth-order valence-electron chi connectivity index (χ4n) is 0.569. The summed E-state index contributed by atoms with van der Waals surface area (Å²) in [4.78, 5) is 0. The van der Waals surface area contributed by atoms with Gasteiger partial charge in [-0.25, -0.2) is 13.2 Å². The van der Waals surface area contributed by atoms with Crippen LogP contribution in [0.4, 0.5) is 26.3 Å². The largest absolute Gasteiger partial charge is 0.428 e. The molecule has 0 nitrogen and oxygen atoms in total. The van der Waals surface area contributed by atoms with Gasteiger partial charge in [0, 0.05) is 0 Å². The van der Waals surface area contributed by atoms with Gasteiger partial charge in [-0.05, 0) is 0 Å². The van der Waals surface area contributed by atoms with E-state index in [4.69, 9.17) is 0 Å². The molecule has 0 N–H and O–H groups in total. The lowest BCUT2D eigenvalue weighted by molar-refractivity contribution is -0.217. The van der Waals surface area contributed by atoms with Crippen LogP contribution in [0.3, 0.4) is 0 Å². The van der Waals surface area contributed by atoms with Crippen molar-refractivity contribution >= 4 is 0 Å². The third-order valence-electron chi connectivity index (χ3n) is 1.37. The first kappa shape index (κ1) is 7.68. The summed E-state index contributed by atoms with van der Waals surface area (Å²) < 4.78 is 68.9. The maximum Gasteiger partial charge on any atom is 0.428 e. The predicted molar refractivity (Wildman–Crippen MR) is 19.5 cm³/mol. The van der Waals surface area contributed by atoms with Crippen molar-refractivity contribution in [3.8, 4) is 0 Å². The number of rotatable bonds is 0. The van der Waals surface area contributed by atoms with Crippen molar-refractivity contribution in [1.29, 1.82) is 0 Å². The van der Waals surface area contributed by atoms with Crippen LogP contribution in [-0.4, -0.2) is 17.8 Å². The van der Waals surface area contributed by atoms with Gasteiger partial charge in [-0.3, -0.25) is 0 Å². The second-order valence-electron chi connectivity index (χ2n) is 2.18. The molecule has 1 aliphatic rings. The molecule has 0 aromatic heterocycles. The van der Waals surface area contributed by atoms with Crippen LogP contribution in [0.2, 0.25) is 0 Å². The van der Waals surface area contributed by atoms with Crippen molar-refractivity contribution < 1.29 is 26.3 Å². The molecule has 60 valence electrons. The first-order valence-electron chi connectivity index (χ1n) is 2.34. The average Bonchev–Trinajstić information content (AvgIpc) is 2.05. The van der Waals surface area contributed by atoms with Gasteiger partial charge in [0.05, 0.1) is 6.42 Å². The molecule has 1 atom stereocenters. The lowest BCUT2D eigenvalue weighted by Gasteiger charge is -2.09. The molecule has 0 bridgehead atoms. The molecule has 0 saturated heterocycles. The summed E-state index contributed by atoms with van der Waals surface area (Å²) in [5.41, 5.74) is -4.25. The Morgan fingerprint density at radius 3 is 1.30 bits per heavy atom. The smallest absolute Gasteiger partial charge is 0.227 e. The molecule has 10 heavy (non-hydrogen) atoms. The lowest BCUT2D eigenvalue weighted by atomic mass is 10.3. The van der Waals surface area contributed by atoms with Crippen LogP contribution in [0.25, 0.3) is 0 Å². The molecule has 0 heterocycles. The Morgan fingerprint density at radius 2 is 1.30 bits per heavy atom.